The highest BCUT2D eigenvalue weighted by Crippen LogP contribution is 2.27. The van der Waals surface area contributed by atoms with Crippen LogP contribution in [0.5, 0.6) is 0 Å². The third kappa shape index (κ3) is 5.36. The highest BCUT2D eigenvalue weighted by molar-refractivity contribution is 5.69. The van der Waals surface area contributed by atoms with Gasteiger partial charge in [-0.2, -0.15) is 0 Å². The average molecular weight is 257 g/mol. The first-order valence-corrected chi connectivity index (χ1v) is 6.97. The first-order chi connectivity index (χ1) is 8.67. The average Bonchev–Trinajstić information content (AvgIpc) is 2.38. The number of rotatable bonds is 7. The lowest BCUT2D eigenvalue weighted by Crippen LogP contribution is -2.41. The number of hydrogen-bond acceptors (Lipinski definition) is 4. The van der Waals surface area contributed by atoms with E-state index in [1.54, 1.807) is 7.11 Å². The molecule has 0 bridgehead atoms. The van der Waals surface area contributed by atoms with E-state index in [-0.39, 0.29) is 5.97 Å². The van der Waals surface area contributed by atoms with E-state index in [0.717, 1.165) is 25.6 Å². The van der Waals surface area contributed by atoms with Crippen LogP contribution in [-0.2, 0) is 14.3 Å². The third-order valence-corrected chi connectivity index (χ3v) is 3.84. The van der Waals surface area contributed by atoms with Crippen LogP contribution in [0, 0.1) is 5.92 Å². The fraction of sp³-hybridized carbons (Fsp3) is 0.929. The van der Waals surface area contributed by atoms with E-state index in [9.17, 15) is 4.79 Å². The van der Waals surface area contributed by atoms with Crippen LogP contribution in [0.3, 0.4) is 0 Å². The Morgan fingerprint density at radius 3 is 2.67 bits per heavy atom. The lowest BCUT2D eigenvalue weighted by molar-refractivity contribution is -0.141. The Morgan fingerprint density at radius 2 is 2.06 bits per heavy atom. The molecule has 0 saturated heterocycles. The number of nitrogens with zero attached hydrogens (tertiary/aromatic N) is 1. The van der Waals surface area contributed by atoms with Crippen LogP contribution >= 0.6 is 0 Å². The van der Waals surface area contributed by atoms with Crippen molar-refractivity contribution in [1.29, 1.82) is 0 Å². The maximum atomic E-state index is 11.3. The fourth-order valence-corrected chi connectivity index (χ4v) is 2.76. The molecule has 4 heteroatoms. The van der Waals surface area contributed by atoms with Crippen molar-refractivity contribution in [2.75, 3.05) is 33.9 Å². The molecule has 0 aliphatic heterocycles. The number of methoxy groups -OCH3 is 2. The molecule has 1 saturated carbocycles. The summed E-state index contributed by atoms with van der Waals surface area (Å²) >= 11 is 0. The monoisotopic (exact) mass is 257 g/mol. The summed E-state index contributed by atoms with van der Waals surface area (Å²) in [4.78, 5) is 13.7. The van der Waals surface area contributed by atoms with Gasteiger partial charge in [0.2, 0.25) is 0 Å². The lowest BCUT2D eigenvalue weighted by atomic mass is 9.86. The number of hydrogen-bond donors (Lipinski definition) is 0. The molecule has 1 aliphatic rings. The molecule has 0 N–H and O–H groups in total. The van der Waals surface area contributed by atoms with Gasteiger partial charge in [0.15, 0.2) is 0 Å². The van der Waals surface area contributed by atoms with E-state index in [2.05, 4.69) is 11.8 Å². The summed E-state index contributed by atoms with van der Waals surface area (Å²) in [5, 5.41) is 0. The van der Waals surface area contributed by atoms with Crippen LogP contribution < -0.4 is 0 Å². The second-order valence-electron chi connectivity index (χ2n) is 5.28. The van der Waals surface area contributed by atoms with Crippen molar-refractivity contribution in [2.45, 2.75) is 45.1 Å². The Hall–Kier alpha value is -0.610. The van der Waals surface area contributed by atoms with Crippen molar-refractivity contribution in [3.8, 4) is 0 Å². The van der Waals surface area contributed by atoms with Gasteiger partial charge in [0.05, 0.1) is 20.1 Å². The highest BCUT2D eigenvalue weighted by Gasteiger charge is 2.24. The van der Waals surface area contributed by atoms with E-state index in [1.165, 1.54) is 32.8 Å². The van der Waals surface area contributed by atoms with Crippen molar-refractivity contribution in [1.82, 2.24) is 4.90 Å². The molecule has 0 aromatic carbocycles. The zero-order valence-electron chi connectivity index (χ0n) is 12.0. The zero-order valence-corrected chi connectivity index (χ0v) is 12.0. The molecule has 1 aliphatic carbocycles. The minimum absolute atomic E-state index is 0.124. The van der Waals surface area contributed by atoms with Gasteiger partial charge in [-0.05, 0) is 18.8 Å². The maximum absolute atomic E-state index is 11.3. The molecule has 0 spiro atoms. The highest BCUT2D eigenvalue weighted by atomic mass is 16.5. The van der Waals surface area contributed by atoms with Crippen molar-refractivity contribution >= 4 is 5.97 Å². The van der Waals surface area contributed by atoms with E-state index >= 15 is 0 Å². The second kappa shape index (κ2) is 8.48. The normalized spacial score (nSPS) is 24.2. The van der Waals surface area contributed by atoms with Crippen LogP contribution in [0.1, 0.15) is 39.0 Å². The van der Waals surface area contributed by atoms with Gasteiger partial charge in [-0.3, -0.25) is 9.69 Å². The molecule has 2 atom stereocenters. The molecule has 1 fully saturated rings. The molecule has 0 aromatic heterocycles. The van der Waals surface area contributed by atoms with E-state index in [1.807, 2.05) is 0 Å². The van der Waals surface area contributed by atoms with Crippen LogP contribution in [0.25, 0.3) is 0 Å². The van der Waals surface area contributed by atoms with Crippen molar-refractivity contribution in [2.24, 2.45) is 5.92 Å². The Balaban J connectivity index is 2.45. The van der Waals surface area contributed by atoms with Crippen LogP contribution in [0.2, 0.25) is 0 Å². The Kier molecular flexibility index (Phi) is 7.28. The predicted octanol–water partition coefficient (Wildman–Crippen LogP) is 2.08. The molecule has 4 nitrogen and oxygen atoms in total. The van der Waals surface area contributed by atoms with Gasteiger partial charge < -0.3 is 9.47 Å². The van der Waals surface area contributed by atoms with Crippen molar-refractivity contribution < 1.29 is 14.3 Å². The molecule has 0 aromatic rings. The summed E-state index contributed by atoms with van der Waals surface area (Å²) in [6, 6.07) is 0.605. The molecular weight excluding hydrogens is 230 g/mol. The molecule has 2 unspecified atom stereocenters. The van der Waals surface area contributed by atoms with E-state index in [4.69, 9.17) is 9.47 Å². The first-order valence-electron chi connectivity index (χ1n) is 6.97. The molecule has 1 rings (SSSR count). The Morgan fingerprint density at radius 1 is 1.28 bits per heavy atom. The molecule has 18 heavy (non-hydrogen) atoms. The minimum Gasteiger partial charge on any atom is -0.469 e. The molecule has 106 valence electrons. The van der Waals surface area contributed by atoms with Gasteiger partial charge in [0.25, 0.3) is 0 Å². The topological polar surface area (TPSA) is 38.8 Å². The van der Waals surface area contributed by atoms with Crippen LogP contribution in [0.15, 0.2) is 0 Å². The molecular formula is C14H27NO3. The summed E-state index contributed by atoms with van der Waals surface area (Å²) in [6.45, 7) is 4.74. The Labute approximate surface area is 111 Å². The Bertz CT molecular complexity index is 245. The third-order valence-electron chi connectivity index (χ3n) is 3.84. The number of carbonyl (C=O) groups is 1. The summed E-state index contributed by atoms with van der Waals surface area (Å²) < 4.78 is 9.88. The summed E-state index contributed by atoms with van der Waals surface area (Å²) in [5.74, 6) is 0.674. The van der Waals surface area contributed by atoms with E-state index < -0.39 is 0 Å². The molecule has 0 amide bonds. The maximum Gasteiger partial charge on any atom is 0.306 e. The van der Waals surface area contributed by atoms with Crippen LogP contribution in [-0.4, -0.2) is 50.8 Å². The molecule has 0 radical (unpaired) electrons. The second-order valence-corrected chi connectivity index (χ2v) is 5.28. The quantitative estimate of drug-likeness (QED) is 0.655. The fourth-order valence-electron chi connectivity index (χ4n) is 2.76. The van der Waals surface area contributed by atoms with Gasteiger partial charge in [0, 0.05) is 26.2 Å². The predicted molar refractivity (Wildman–Crippen MR) is 71.5 cm³/mol. The summed E-state index contributed by atoms with van der Waals surface area (Å²) in [6.07, 6.45) is 5.60. The van der Waals surface area contributed by atoms with Gasteiger partial charge in [-0.25, -0.2) is 0 Å². The first kappa shape index (κ1) is 15.4. The lowest BCUT2D eigenvalue weighted by Gasteiger charge is -2.36. The number of esters is 1. The van der Waals surface area contributed by atoms with Gasteiger partial charge in [-0.15, -0.1) is 0 Å². The zero-order chi connectivity index (χ0) is 13.4. The van der Waals surface area contributed by atoms with Gasteiger partial charge in [-0.1, -0.05) is 19.8 Å². The molecule has 0 heterocycles. The smallest absolute Gasteiger partial charge is 0.306 e. The standard InChI is InChI=1S/C14H27NO3/c1-12-5-4-6-13(11-12)15(9-10-17-2)8-7-14(16)18-3/h12-13H,4-11H2,1-3H3. The van der Waals surface area contributed by atoms with Crippen LogP contribution in [0.4, 0.5) is 0 Å². The summed E-state index contributed by atoms with van der Waals surface area (Å²) in [5.41, 5.74) is 0. The number of carbonyl (C=O) groups excluding carboxylic acids is 1. The van der Waals surface area contributed by atoms with Gasteiger partial charge >= 0.3 is 5.97 Å². The largest absolute Gasteiger partial charge is 0.469 e. The summed E-state index contributed by atoms with van der Waals surface area (Å²) in [7, 11) is 3.17. The minimum atomic E-state index is -0.124. The van der Waals surface area contributed by atoms with Gasteiger partial charge in [0.1, 0.15) is 0 Å². The van der Waals surface area contributed by atoms with E-state index in [0.29, 0.717) is 12.5 Å². The van der Waals surface area contributed by atoms with Crippen molar-refractivity contribution in [3.63, 3.8) is 0 Å². The van der Waals surface area contributed by atoms with Crippen molar-refractivity contribution in [3.05, 3.63) is 0 Å². The SMILES string of the molecule is COCCN(CCC(=O)OC)C1CCCC(C)C1. The number of ether oxygens (including phenoxy) is 2.